The molecule has 0 atom stereocenters. The monoisotopic (exact) mass is 480 g/mol. The predicted molar refractivity (Wildman–Crippen MR) is 119 cm³/mol. The number of sulfonamides is 1. The number of hydrogen-bond donors (Lipinski definition) is 0. The van der Waals surface area contributed by atoms with Gasteiger partial charge in [-0.25, -0.2) is 8.42 Å². The Morgan fingerprint density at radius 1 is 1.12 bits per heavy atom. The molecular formula is C22H25ClN2O6S. The molecule has 0 N–H and O–H groups in total. The van der Waals surface area contributed by atoms with Gasteiger partial charge in [-0.2, -0.15) is 4.31 Å². The number of nitrogens with zero attached hydrogens (tertiary/aromatic N) is 2. The van der Waals surface area contributed by atoms with E-state index in [0.717, 1.165) is 5.56 Å². The Kier molecular flexibility index (Phi) is 7.89. The molecule has 1 fully saturated rings. The number of rotatable bonds is 7. The first-order chi connectivity index (χ1) is 15.2. The maximum Gasteiger partial charge on any atom is 0.325 e. The van der Waals surface area contributed by atoms with Crippen molar-refractivity contribution in [2.45, 2.75) is 18.4 Å². The molecule has 2 aromatic rings. The molecule has 0 aromatic heterocycles. The minimum Gasteiger partial charge on any atom is -0.468 e. The second kappa shape index (κ2) is 10.4. The van der Waals surface area contributed by atoms with Gasteiger partial charge < -0.3 is 14.4 Å². The summed E-state index contributed by atoms with van der Waals surface area (Å²) in [5, 5.41) is 0.552. The highest BCUT2D eigenvalue weighted by Crippen LogP contribution is 2.22. The lowest BCUT2D eigenvalue weighted by Gasteiger charge is -2.27. The van der Waals surface area contributed by atoms with Gasteiger partial charge >= 0.3 is 5.97 Å². The van der Waals surface area contributed by atoms with Gasteiger partial charge in [-0.1, -0.05) is 29.8 Å². The molecule has 0 bridgehead atoms. The minimum absolute atomic E-state index is 0.0258. The zero-order chi connectivity index (χ0) is 23.3. The number of amides is 1. The largest absolute Gasteiger partial charge is 0.468 e. The van der Waals surface area contributed by atoms with Crippen LogP contribution < -0.4 is 0 Å². The molecule has 0 saturated carbocycles. The van der Waals surface area contributed by atoms with Crippen LogP contribution in [0.2, 0.25) is 5.02 Å². The number of ether oxygens (including phenoxy) is 2. The Morgan fingerprint density at radius 3 is 2.41 bits per heavy atom. The Morgan fingerprint density at radius 2 is 1.78 bits per heavy atom. The van der Waals surface area contributed by atoms with Crippen LogP contribution in [0.25, 0.3) is 0 Å². The van der Waals surface area contributed by atoms with E-state index in [0.29, 0.717) is 23.8 Å². The van der Waals surface area contributed by atoms with Crippen LogP contribution in [0.15, 0.2) is 47.4 Å². The van der Waals surface area contributed by atoms with E-state index in [1.807, 2.05) is 0 Å². The van der Waals surface area contributed by atoms with E-state index in [-0.39, 0.29) is 36.6 Å². The molecule has 0 spiro atoms. The van der Waals surface area contributed by atoms with E-state index in [9.17, 15) is 18.0 Å². The maximum absolute atomic E-state index is 13.4. The molecule has 10 heteroatoms. The topological polar surface area (TPSA) is 93.2 Å². The van der Waals surface area contributed by atoms with Crippen LogP contribution in [0.4, 0.5) is 0 Å². The van der Waals surface area contributed by atoms with Crippen LogP contribution in [0, 0.1) is 6.92 Å². The van der Waals surface area contributed by atoms with Crippen molar-refractivity contribution >= 4 is 33.5 Å². The number of carbonyl (C=O) groups is 2. The third kappa shape index (κ3) is 5.66. The van der Waals surface area contributed by atoms with Crippen LogP contribution in [0.5, 0.6) is 0 Å². The Bertz CT molecular complexity index is 1080. The third-order valence-corrected chi connectivity index (χ3v) is 7.32. The second-order valence-corrected chi connectivity index (χ2v) is 9.73. The van der Waals surface area contributed by atoms with Gasteiger partial charge in [0.25, 0.3) is 5.91 Å². The molecule has 0 unspecified atom stereocenters. The van der Waals surface area contributed by atoms with Crippen molar-refractivity contribution in [3.8, 4) is 0 Å². The standard InChI is InChI=1S/C22H25ClN2O6S/c1-16-3-8-19(32(28,29)25-9-11-31-12-10-25)13-20(16)22(27)24(15-21(26)30-2)14-17-4-6-18(23)7-5-17/h3-8,13H,9-12,14-15H2,1-2H3. The van der Waals surface area contributed by atoms with E-state index in [1.165, 1.54) is 28.4 Å². The van der Waals surface area contributed by atoms with E-state index in [4.69, 9.17) is 21.1 Å². The number of hydrogen-bond acceptors (Lipinski definition) is 6. The van der Waals surface area contributed by atoms with Gasteiger partial charge in [-0.05, 0) is 42.3 Å². The second-order valence-electron chi connectivity index (χ2n) is 7.36. The van der Waals surface area contributed by atoms with E-state index < -0.39 is 21.9 Å². The van der Waals surface area contributed by atoms with Gasteiger partial charge in [0.1, 0.15) is 6.54 Å². The van der Waals surface area contributed by atoms with E-state index in [1.54, 1.807) is 37.3 Å². The lowest BCUT2D eigenvalue weighted by molar-refractivity contribution is -0.141. The van der Waals surface area contributed by atoms with Crippen LogP contribution in [-0.4, -0.2) is 69.5 Å². The van der Waals surface area contributed by atoms with Crippen molar-refractivity contribution in [3.63, 3.8) is 0 Å². The first-order valence-corrected chi connectivity index (χ1v) is 11.8. The summed E-state index contributed by atoms with van der Waals surface area (Å²) in [5.74, 6) is -1.05. The van der Waals surface area contributed by atoms with Crippen molar-refractivity contribution < 1.29 is 27.5 Å². The molecule has 2 aromatic carbocycles. The quantitative estimate of drug-likeness (QED) is 0.565. The highest BCUT2D eigenvalue weighted by atomic mass is 35.5. The first-order valence-electron chi connectivity index (χ1n) is 10.0. The van der Waals surface area contributed by atoms with Crippen LogP contribution in [0.1, 0.15) is 21.5 Å². The van der Waals surface area contributed by atoms with E-state index >= 15 is 0 Å². The number of halogens is 1. The summed E-state index contributed by atoms with van der Waals surface area (Å²) in [4.78, 5) is 26.7. The summed E-state index contributed by atoms with van der Waals surface area (Å²) in [7, 11) is -2.53. The molecule has 0 radical (unpaired) electrons. The average molecular weight is 481 g/mol. The smallest absolute Gasteiger partial charge is 0.325 e. The highest BCUT2D eigenvalue weighted by molar-refractivity contribution is 7.89. The van der Waals surface area contributed by atoms with Crippen molar-refractivity contribution in [2.24, 2.45) is 0 Å². The number of carbonyl (C=O) groups excluding carboxylic acids is 2. The van der Waals surface area contributed by atoms with Crippen molar-refractivity contribution in [1.29, 1.82) is 0 Å². The molecule has 0 aliphatic carbocycles. The molecule has 172 valence electrons. The number of esters is 1. The van der Waals surface area contributed by atoms with Gasteiger partial charge in [-0.15, -0.1) is 0 Å². The summed E-state index contributed by atoms with van der Waals surface area (Å²) in [6.45, 7) is 2.73. The van der Waals surface area contributed by atoms with Crippen LogP contribution >= 0.6 is 11.6 Å². The molecule has 1 aliphatic rings. The Balaban J connectivity index is 1.93. The van der Waals surface area contributed by atoms with Crippen LogP contribution in [-0.2, 0) is 30.8 Å². The molecule has 32 heavy (non-hydrogen) atoms. The molecule has 1 aliphatic heterocycles. The van der Waals surface area contributed by atoms with Gasteiger partial charge in [0.15, 0.2) is 0 Å². The van der Waals surface area contributed by atoms with Gasteiger partial charge in [0.05, 0.1) is 25.2 Å². The molecule has 1 heterocycles. The zero-order valence-electron chi connectivity index (χ0n) is 17.9. The summed E-state index contributed by atoms with van der Waals surface area (Å²) in [5.41, 5.74) is 1.57. The average Bonchev–Trinajstić information content (AvgIpc) is 2.80. The zero-order valence-corrected chi connectivity index (χ0v) is 19.5. The maximum atomic E-state index is 13.4. The van der Waals surface area contributed by atoms with Crippen molar-refractivity contribution in [3.05, 3.63) is 64.2 Å². The number of aryl methyl sites for hydroxylation is 1. The Hall–Kier alpha value is -2.46. The molecular weight excluding hydrogens is 456 g/mol. The van der Waals surface area contributed by atoms with Gasteiger partial charge in [0.2, 0.25) is 10.0 Å². The third-order valence-electron chi connectivity index (χ3n) is 5.17. The molecule has 3 rings (SSSR count). The first kappa shape index (κ1) is 24.2. The lowest BCUT2D eigenvalue weighted by atomic mass is 10.1. The summed E-state index contributed by atoms with van der Waals surface area (Å²) in [6, 6.07) is 11.4. The summed E-state index contributed by atoms with van der Waals surface area (Å²) < 4.78 is 37.4. The number of methoxy groups -OCH3 is 1. The fraction of sp³-hybridized carbons (Fsp3) is 0.364. The fourth-order valence-electron chi connectivity index (χ4n) is 3.33. The summed E-state index contributed by atoms with van der Waals surface area (Å²) >= 11 is 5.94. The number of benzene rings is 2. The fourth-order valence-corrected chi connectivity index (χ4v) is 4.89. The van der Waals surface area contributed by atoms with E-state index in [2.05, 4.69) is 0 Å². The van der Waals surface area contributed by atoms with Crippen molar-refractivity contribution in [2.75, 3.05) is 40.0 Å². The number of morpholine rings is 1. The van der Waals surface area contributed by atoms with Gasteiger partial charge in [-0.3, -0.25) is 9.59 Å². The predicted octanol–water partition coefficient (Wildman–Crippen LogP) is 2.48. The normalized spacial score (nSPS) is 14.7. The van der Waals surface area contributed by atoms with Crippen molar-refractivity contribution in [1.82, 2.24) is 9.21 Å². The highest BCUT2D eigenvalue weighted by Gasteiger charge is 2.28. The van der Waals surface area contributed by atoms with Crippen LogP contribution in [0.3, 0.4) is 0 Å². The minimum atomic E-state index is -3.78. The SMILES string of the molecule is COC(=O)CN(Cc1ccc(Cl)cc1)C(=O)c1cc(S(=O)(=O)N2CCOCC2)ccc1C. The Labute approximate surface area is 192 Å². The lowest BCUT2D eigenvalue weighted by Crippen LogP contribution is -2.40. The molecule has 1 amide bonds. The molecule has 1 saturated heterocycles. The summed E-state index contributed by atoms with van der Waals surface area (Å²) in [6.07, 6.45) is 0. The molecule has 8 nitrogen and oxygen atoms in total. The van der Waals surface area contributed by atoms with Gasteiger partial charge in [0, 0.05) is 30.2 Å².